The fourth-order valence-corrected chi connectivity index (χ4v) is 9.28. The third-order valence-corrected chi connectivity index (χ3v) is 12.6. The Morgan fingerprint density at radius 2 is 1.59 bits per heavy atom. The molecule has 0 bridgehead atoms. The van der Waals surface area contributed by atoms with Gasteiger partial charge in [0.25, 0.3) is 5.91 Å². The number of amides is 4. The number of likely N-dealkylation sites (tertiary alicyclic amines) is 2. The van der Waals surface area contributed by atoms with Crippen LogP contribution >= 0.6 is 0 Å². The summed E-state index contributed by atoms with van der Waals surface area (Å²) in [5.41, 5.74) is -1.10. The maximum atomic E-state index is 15.2. The lowest BCUT2D eigenvalue weighted by Gasteiger charge is -2.42. The Kier molecular flexibility index (Phi) is 11.4. The van der Waals surface area contributed by atoms with Crippen LogP contribution < -0.4 is 15.5 Å². The second kappa shape index (κ2) is 16.4. The topological polar surface area (TPSA) is 152 Å². The minimum absolute atomic E-state index is 0.00817. The van der Waals surface area contributed by atoms with Gasteiger partial charge in [-0.2, -0.15) is 13.2 Å². The quantitative estimate of drug-likeness (QED) is 0.149. The highest BCUT2D eigenvalue weighted by Crippen LogP contribution is 2.37. The van der Waals surface area contributed by atoms with Crippen LogP contribution in [0, 0.1) is 17.6 Å². The number of rotatable bonds is 8. The zero-order valence-corrected chi connectivity index (χ0v) is 33.8. The number of nitrogens with one attached hydrogen (secondary N) is 2. The van der Waals surface area contributed by atoms with Gasteiger partial charge in [-0.1, -0.05) is 6.07 Å². The number of aliphatic hydroxyl groups is 1. The van der Waals surface area contributed by atoms with Gasteiger partial charge in [-0.25, -0.2) is 18.7 Å². The normalized spacial score (nSPS) is 21.3. The number of nitrogens with zero attached hydrogens (tertiary/aromatic N) is 6. The molecule has 0 aliphatic carbocycles. The van der Waals surface area contributed by atoms with Crippen molar-refractivity contribution in [1.82, 2.24) is 29.5 Å². The highest BCUT2D eigenvalue weighted by Gasteiger charge is 2.38. The molecule has 8 rings (SSSR count). The number of imide groups is 1. The standard InChI is InChI=1S/C43H47F5N8O5/c1-42(2,61)29-20-36-50-33(22-56(36)23-34(29)51-40(59)32-4-3-5-35(49-32)43(46,47)48)24-8-13-53(14-9-24)26-11-16-54(17-12-26)41(60)25-10-15-55(21-25)27-18-30(44)38(31(45)19-27)28-6-7-37(57)52-39(28)58/h3-5,18-20,22-26,28,61H,6-17,21H2,1-2H3,(H,51,59)(H,52,57,58)/t25-,28-/m1/s1. The molecule has 0 unspecified atom stereocenters. The number of halogens is 5. The van der Waals surface area contributed by atoms with Crippen molar-refractivity contribution in [3.63, 3.8) is 0 Å². The molecular formula is C43H47F5N8O5. The van der Waals surface area contributed by atoms with E-state index < -0.39 is 58.4 Å². The van der Waals surface area contributed by atoms with Gasteiger partial charge in [0, 0.05) is 73.8 Å². The van der Waals surface area contributed by atoms with E-state index in [0.29, 0.717) is 55.5 Å². The maximum absolute atomic E-state index is 15.2. The van der Waals surface area contributed by atoms with Crippen molar-refractivity contribution in [2.24, 2.45) is 5.92 Å². The third-order valence-electron chi connectivity index (χ3n) is 12.6. The summed E-state index contributed by atoms with van der Waals surface area (Å²) in [7, 11) is 0. The minimum atomic E-state index is -4.72. The molecule has 4 aromatic rings. The molecule has 2 atom stereocenters. The Labute approximate surface area is 348 Å². The molecule has 324 valence electrons. The summed E-state index contributed by atoms with van der Waals surface area (Å²) in [6, 6.07) is 7.47. The largest absolute Gasteiger partial charge is 0.433 e. The van der Waals surface area contributed by atoms with Gasteiger partial charge in [-0.05, 0) is 95.8 Å². The Hall–Kier alpha value is -5.49. The molecule has 4 saturated heterocycles. The Bertz CT molecular complexity index is 2340. The molecule has 4 aliphatic rings. The van der Waals surface area contributed by atoms with Crippen LogP contribution in [0.1, 0.15) is 104 Å². The van der Waals surface area contributed by atoms with E-state index in [1.54, 1.807) is 35.4 Å². The van der Waals surface area contributed by atoms with Gasteiger partial charge in [-0.3, -0.25) is 24.5 Å². The molecule has 18 heteroatoms. The number of imidazole rings is 1. The van der Waals surface area contributed by atoms with Crippen molar-refractivity contribution in [3.05, 3.63) is 88.6 Å². The molecule has 3 N–H and O–H groups in total. The van der Waals surface area contributed by atoms with Crippen LogP contribution in [0.25, 0.3) is 5.65 Å². The molecule has 4 aliphatic heterocycles. The highest BCUT2D eigenvalue weighted by atomic mass is 19.4. The monoisotopic (exact) mass is 850 g/mol. The molecule has 1 aromatic carbocycles. The van der Waals surface area contributed by atoms with Crippen LogP contribution in [0.4, 0.5) is 33.3 Å². The number of carbonyl (C=O) groups is 4. The van der Waals surface area contributed by atoms with Gasteiger partial charge in [0.2, 0.25) is 17.7 Å². The smallest absolute Gasteiger partial charge is 0.386 e. The average molecular weight is 851 g/mol. The fourth-order valence-electron chi connectivity index (χ4n) is 9.28. The minimum Gasteiger partial charge on any atom is -0.386 e. The first-order valence-electron chi connectivity index (χ1n) is 20.6. The number of alkyl halides is 3. The summed E-state index contributed by atoms with van der Waals surface area (Å²) in [4.78, 5) is 65.0. The maximum Gasteiger partial charge on any atom is 0.433 e. The molecular weight excluding hydrogens is 804 g/mol. The van der Waals surface area contributed by atoms with Crippen molar-refractivity contribution in [1.29, 1.82) is 0 Å². The predicted molar refractivity (Wildman–Crippen MR) is 213 cm³/mol. The van der Waals surface area contributed by atoms with E-state index in [9.17, 15) is 37.5 Å². The molecule has 0 radical (unpaired) electrons. The molecule has 0 saturated carbocycles. The second-order valence-corrected chi connectivity index (χ2v) is 17.1. The van der Waals surface area contributed by atoms with E-state index in [-0.39, 0.29) is 41.8 Å². The molecule has 0 spiro atoms. The lowest BCUT2D eigenvalue weighted by Crippen LogP contribution is -2.50. The van der Waals surface area contributed by atoms with Crippen LogP contribution in [0.3, 0.4) is 0 Å². The first kappa shape index (κ1) is 42.2. The van der Waals surface area contributed by atoms with Crippen molar-refractivity contribution in [3.8, 4) is 0 Å². The summed E-state index contributed by atoms with van der Waals surface area (Å²) in [5.74, 6) is -4.92. The molecule has 13 nitrogen and oxygen atoms in total. The number of aromatic nitrogens is 3. The number of benzene rings is 1. The van der Waals surface area contributed by atoms with Gasteiger partial charge < -0.3 is 29.5 Å². The lowest BCUT2D eigenvalue weighted by molar-refractivity contribution is -0.141. The van der Waals surface area contributed by atoms with Crippen molar-refractivity contribution >= 4 is 40.7 Å². The van der Waals surface area contributed by atoms with Crippen LogP contribution in [0.5, 0.6) is 0 Å². The number of hydrogen-bond acceptors (Lipinski definition) is 9. The summed E-state index contributed by atoms with van der Waals surface area (Å²) < 4.78 is 72.0. The van der Waals surface area contributed by atoms with Gasteiger partial charge in [-0.15, -0.1) is 0 Å². The Morgan fingerprint density at radius 3 is 2.25 bits per heavy atom. The number of hydrogen-bond donors (Lipinski definition) is 3. The van der Waals surface area contributed by atoms with E-state index in [4.69, 9.17) is 4.98 Å². The van der Waals surface area contributed by atoms with Crippen molar-refractivity contribution in [2.75, 3.05) is 49.5 Å². The summed E-state index contributed by atoms with van der Waals surface area (Å²) in [6.45, 7) is 6.78. The number of pyridine rings is 2. The third kappa shape index (κ3) is 8.82. The number of fused-ring (bicyclic) bond motifs is 1. The molecule has 4 amide bonds. The van der Waals surface area contributed by atoms with Gasteiger partial charge >= 0.3 is 6.18 Å². The molecule has 7 heterocycles. The van der Waals surface area contributed by atoms with Crippen LogP contribution in [0.15, 0.2) is 48.8 Å². The van der Waals surface area contributed by atoms with Crippen molar-refractivity contribution < 1.29 is 46.2 Å². The van der Waals surface area contributed by atoms with E-state index in [2.05, 4.69) is 20.5 Å². The molecule has 61 heavy (non-hydrogen) atoms. The first-order chi connectivity index (χ1) is 28.9. The SMILES string of the molecule is CC(C)(O)c1cc2nc(C3CCN(C4CCN(C(=O)[C@@H]5CCN(c6cc(F)c([C@H]7CCC(=O)NC7=O)c(F)c6)C5)CC4)CC3)cn2cc1NC(=O)c1cccc(C(F)(F)F)n1. The zero-order valence-electron chi connectivity index (χ0n) is 33.8. The second-order valence-electron chi connectivity index (χ2n) is 17.1. The fraction of sp³-hybridized carbons (Fsp3) is 0.488. The number of piperidine rings is 3. The molecule has 4 fully saturated rings. The van der Waals surface area contributed by atoms with Crippen LogP contribution in [0.2, 0.25) is 0 Å². The first-order valence-corrected chi connectivity index (χ1v) is 20.6. The van der Waals surface area contributed by atoms with E-state index in [1.807, 2.05) is 11.1 Å². The van der Waals surface area contributed by atoms with Crippen molar-refractivity contribution in [2.45, 2.75) is 88.4 Å². The van der Waals surface area contributed by atoms with E-state index in [1.165, 1.54) is 18.2 Å². The van der Waals surface area contributed by atoms with Gasteiger partial charge in [0.1, 0.15) is 28.7 Å². The van der Waals surface area contributed by atoms with Crippen LogP contribution in [-0.2, 0) is 26.2 Å². The average Bonchev–Trinajstić information content (AvgIpc) is 3.88. The zero-order chi connectivity index (χ0) is 43.4. The summed E-state index contributed by atoms with van der Waals surface area (Å²) in [5, 5.41) is 15.8. The van der Waals surface area contributed by atoms with Crippen LogP contribution in [-0.4, -0.2) is 98.2 Å². The number of anilines is 2. The van der Waals surface area contributed by atoms with Gasteiger partial charge in [0.05, 0.1) is 28.8 Å². The number of carbonyl (C=O) groups excluding carboxylic acids is 4. The lowest BCUT2D eigenvalue weighted by atomic mass is 9.89. The van der Waals surface area contributed by atoms with Gasteiger partial charge in [0.15, 0.2) is 0 Å². The van der Waals surface area contributed by atoms with E-state index in [0.717, 1.165) is 56.6 Å². The summed E-state index contributed by atoms with van der Waals surface area (Å²) in [6.07, 6.45) is 2.70. The van der Waals surface area contributed by atoms with E-state index >= 15 is 8.78 Å². The predicted octanol–water partition coefficient (Wildman–Crippen LogP) is 5.72. The Morgan fingerprint density at radius 1 is 0.885 bits per heavy atom. The highest BCUT2D eigenvalue weighted by molar-refractivity contribution is 6.03. The molecule has 3 aromatic heterocycles. The summed E-state index contributed by atoms with van der Waals surface area (Å²) >= 11 is 0. The Balaban J connectivity index is 0.845.